The largest absolute Gasteiger partial charge is 0.502 e. The number of benzene rings is 2. The molecule has 0 saturated carbocycles. The summed E-state index contributed by atoms with van der Waals surface area (Å²) in [6, 6.07) is 13.4. The van der Waals surface area contributed by atoms with Crippen molar-refractivity contribution in [3.05, 3.63) is 64.2 Å². The Morgan fingerprint density at radius 3 is 2.50 bits per heavy atom. The molecule has 18 heavy (non-hydrogen) atoms. The highest BCUT2D eigenvalue weighted by atomic mass is 16.6. The van der Waals surface area contributed by atoms with Crippen LogP contribution >= 0.6 is 0 Å². The second-order valence-electron chi connectivity index (χ2n) is 3.68. The number of nitro groups is 1. The molecule has 0 saturated heterocycles. The van der Waals surface area contributed by atoms with Crippen molar-refractivity contribution in [2.75, 3.05) is 0 Å². The molecule has 0 heterocycles. The Bertz CT molecular complexity index is 554. The Hall–Kier alpha value is -2.56. The van der Waals surface area contributed by atoms with Gasteiger partial charge in [-0.25, -0.2) is 0 Å². The van der Waals surface area contributed by atoms with Crippen LogP contribution in [0.4, 0.5) is 5.69 Å². The van der Waals surface area contributed by atoms with Gasteiger partial charge in [0.1, 0.15) is 12.4 Å². The van der Waals surface area contributed by atoms with E-state index in [1.807, 2.05) is 30.3 Å². The third-order valence-electron chi connectivity index (χ3n) is 2.39. The van der Waals surface area contributed by atoms with Crippen molar-refractivity contribution in [3.63, 3.8) is 0 Å². The maximum atomic E-state index is 10.5. The van der Waals surface area contributed by atoms with Crippen LogP contribution in [0.25, 0.3) is 0 Å². The predicted molar refractivity (Wildman–Crippen MR) is 65.5 cm³/mol. The van der Waals surface area contributed by atoms with E-state index in [0.717, 1.165) is 5.56 Å². The van der Waals surface area contributed by atoms with Gasteiger partial charge in [-0.2, -0.15) is 0 Å². The molecule has 0 atom stereocenters. The van der Waals surface area contributed by atoms with E-state index in [9.17, 15) is 15.2 Å². The molecule has 0 fully saturated rings. The fourth-order valence-electron chi connectivity index (χ4n) is 1.49. The maximum absolute atomic E-state index is 10.5. The van der Waals surface area contributed by atoms with Gasteiger partial charge in [-0.15, -0.1) is 0 Å². The van der Waals surface area contributed by atoms with Crippen molar-refractivity contribution in [1.29, 1.82) is 0 Å². The maximum Gasteiger partial charge on any atom is 0.310 e. The topological polar surface area (TPSA) is 72.6 Å². The number of hydrogen-bond acceptors (Lipinski definition) is 4. The zero-order chi connectivity index (χ0) is 13.0. The van der Waals surface area contributed by atoms with E-state index in [1.165, 1.54) is 18.2 Å². The minimum absolute atomic E-state index is 0.331. The molecule has 5 heteroatoms. The molecule has 0 bridgehead atoms. The lowest BCUT2D eigenvalue weighted by molar-refractivity contribution is -0.385. The molecule has 2 aromatic carbocycles. The first-order valence-electron chi connectivity index (χ1n) is 5.31. The molecule has 0 aliphatic rings. The van der Waals surface area contributed by atoms with Gasteiger partial charge in [0.25, 0.3) is 0 Å². The molecule has 0 aliphatic carbocycles. The lowest BCUT2D eigenvalue weighted by atomic mass is 10.2. The predicted octanol–water partition coefficient (Wildman–Crippen LogP) is 2.88. The second kappa shape index (κ2) is 5.18. The van der Waals surface area contributed by atoms with Crippen molar-refractivity contribution in [2.24, 2.45) is 0 Å². The van der Waals surface area contributed by atoms with Crippen LogP contribution in [-0.2, 0) is 6.61 Å². The van der Waals surface area contributed by atoms with Crippen molar-refractivity contribution in [1.82, 2.24) is 0 Å². The third kappa shape index (κ3) is 2.76. The van der Waals surface area contributed by atoms with E-state index in [4.69, 9.17) is 4.74 Å². The molecular weight excluding hydrogens is 234 g/mol. The van der Waals surface area contributed by atoms with Gasteiger partial charge in [0.2, 0.25) is 0 Å². The average Bonchev–Trinajstić information content (AvgIpc) is 2.37. The van der Waals surface area contributed by atoms with Gasteiger partial charge in [-0.1, -0.05) is 30.3 Å². The van der Waals surface area contributed by atoms with E-state index in [-0.39, 0.29) is 5.69 Å². The molecule has 0 aliphatic heterocycles. The number of nitrogens with zero attached hydrogens (tertiary/aromatic N) is 1. The first-order valence-corrected chi connectivity index (χ1v) is 5.31. The lowest BCUT2D eigenvalue weighted by Crippen LogP contribution is -1.95. The fraction of sp³-hybridized carbons (Fsp3) is 0.0769. The summed E-state index contributed by atoms with van der Waals surface area (Å²) >= 11 is 0. The summed E-state index contributed by atoms with van der Waals surface area (Å²) in [5.74, 6) is -0.00693. The Morgan fingerprint density at radius 2 is 1.89 bits per heavy atom. The van der Waals surface area contributed by atoms with Gasteiger partial charge in [0.15, 0.2) is 5.75 Å². The molecule has 2 rings (SSSR count). The molecular formula is C13H11NO4. The zero-order valence-corrected chi connectivity index (χ0v) is 9.45. The van der Waals surface area contributed by atoms with Crippen LogP contribution in [0.5, 0.6) is 11.5 Å². The van der Waals surface area contributed by atoms with Gasteiger partial charge in [-0.3, -0.25) is 10.1 Å². The molecule has 0 unspecified atom stereocenters. The van der Waals surface area contributed by atoms with Crippen LogP contribution in [-0.4, -0.2) is 10.0 Å². The van der Waals surface area contributed by atoms with Crippen molar-refractivity contribution in [2.45, 2.75) is 6.61 Å². The highest BCUT2D eigenvalue weighted by Gasteiger charge is 2.13. The number of ether oxygens (including phenoxy) is 1. The summed E-state index contributed by atoms with van der Waals surface area (Å²) in [7, 11) is 0. The zero-order valence-electron chi connectivity index (χ0n) is 9.45. The molecule has 1 N–H and O–H groups in total. The summed E-state index contributed by atoms with van der Waals surface area (Å²) in [5, 5.41) is 20.0. The minimum atomic E-state index is -0.643. The molecule has 2 aromatic rings. The Morgan fingerprint density at radius 1 is 1.17 bits per heavy atom. The highest BCUT2D eigenvalue weighted by Crippen LogP contribution is 2.29. The lowest BCUT2D eigenvalue weighted by Gasteiger charge is -2.06. The van der Waals surface area contributed by atoms with Gasteiger partial charge in [0, 0.05) is 12.1 Å². The standard InChI is InChI=1S/C13H11NO4/c15-13-8-11(6-7-12(13)14(16)17)18-9-10-4-2-1-3-5-10/h1-8,15H,9H2. The van der Waals surface area contributed by atoms with Gasteiger partial charge in [0.05, 0.1) is 4.92 Å². The normalized spacial score (nSPS) is 10.0. The van der Waals surface area contributed by atoms with E-state index >= 15 is 0 Å². The van der Waals surface area contributed by atoms with Crippen molar-refractivity contribution < 1.29 is 14.8 Å². The van der Waals surface area contributed by atoms with E-state index in [0.29, 0.717) is 12.4 Å². The van der Waals surface area contributed by atoms with Gasteiger partial charge >= 0.3 is 5.69 Å². The number of rotatable bonds is 4. The quantitative estimate of drug-likeness (QED) is 0.664. The highest BCUT2D eigenvalue weighted by molar-refractivity contribution is 5.49. The summed E-state index contributed by atoms with van der Waals surface area (Å²) in [6.45, 7) is 0.345. The van der Waals surface area contributed by atoms with E-state index < -0.39 is 10.7 Å². The van der Waals surface area contributed by atoms with Crippen molar-refractivity contribution >= 4 is 5.69 Å². The van der Waals surface area contributed by atoms with Crippen LogP contribution in [0.3, 0.4) is 0 Å². The molecule has 0 radical (unpaired) electrons. The monoisotopic (exact) mass is 245 g/mol. The van der Waals surface area contributed by atoms with Crippen LogP contribution in [0.15, 0.2) is 48.5 Å². The smallest absolute Gasteiger partial charge is 0.310 e. The molecule has 0 amide bonds. The Kier molecular flexibility index (Phi) is 3.43. The Balaban J connectivity index is 2.07. The van der Waals surface area contributed by atoms with E-state index in [2.05, 4.69) is 0 Å². The first kappa shape index (κ1) is 11.9. The van der Waals surface area contributed by atoms with Gasteiger partial charge in [-0.05, 0) is 11.6 Å². The van der Waals surface area contributed by atoms with Gasteiger partial charge < -0.3 is 9.84 Å². The van der Waals surface area contributed by atoms with Crippen LogP contribution in [0, 0.1) is 10.1 Å². The fourth-order valence-corrected chi connectivity index (χ4v) is 1.49. The third-order valence-corrected chi connectivity index (χ3v) is 2.39. The number of phenols is 1. The van der Waals surface area contributed by atoms with Crippen molar-refractivity contribution in [3.8, 4) is 11.5 Å². The number of aromatic hydroxyl groups is 1. The minimum Gasteiger partial charge on any atom is -0.502 e. The number of nitro benzene ring substituents is 1. The van der Waals surface area contributed by atoms with Crippen LogP contribution < -0.4 is 4.74 Å². The summed E-state index contributed by atoms with van der Waals surface area (Å²) in [5.41, 5.74) is 0.650. The van der Waals surface area contributed by atoms with E-state index in [1.54, 1.807) is 0 Å². The molecule has 0 spiro atoms. The molecule has 92 valence electrons. The Labute approximate surface area is 103 Å². The summed E-state index contributed by atoms with van der Waals surface area (Å²) in [4.78, 5) is 9.87. The summed E-state index contributed by atoms with van der Waals surface area (Å²) < 4.78 is 5.43. The second-order valence-corrected chi connectivity index (χ2v) is 3.68. The SMILES string of the molecule is O=[N+]([O-])c1ccc(OCc2ccccc2)cc1O. The number of hydrogen-bond donors (Lipinski definition) is 1. The first-order chi connectivity index (χ1) is 8.66. The molecule has 5 nitrogen and oxygen atoms in total. The average molecular weight is 245 g/mol. The summed E-state index contributed by atoms with van der Waals surface area (Å²) in [6.07, 6.45) is 0. The number of phenolic OH excluding ortho intramolecular Hbond substituents is 1. The van der Waals surface area contributed by atoms with Crippen LogP contribution in [0.2, 0.25) is 0 Å². The van der Waals surface area contributed by atoms with Crippen LogP contribution in [0.1, 0.15) is 5.56 Å². The molecule has 0 aromatic heterocycles.